The Morgan fingerprint density at radius 3 is 2.60 bits per heavy atom. The molecule has 1 heterocycles. The SMILES string of the molecule is COCOc1ccc(CC(C)(C)F)nc1. The highest BCUT2D eigenvalue weighted by Crippen LogP contribution is 2.17. The van der Waals surface area contributed by atoms with Crippen molar-refractivity contribution in [3.8, 4) is 5.75 Å². The van der Waals surface area contributed by atoms with Gasteiger partial charge in [-0.1, -0.05) is 0 Å². The van der Waals surface area contributed by atoms with E-state index in [4.69, 9.17) is 9.47 Å². The van der Waals surface area contributed by atoms with Gasteiger partial charge in [0.2, 0.25) is 0 Å². The molecule has 0 aliphatic rings. The molecule has 0 saturated heterocycles. The summed E-state index contributed by atoms with van der Waals surface area (Å²) >= 11 is 0. The maximum atomic E-state index is 13.3. The van der Waals surface area contributed by atoms with Crippen molar-refractivity contribution in [2.75, 3.05) is 13.9 Å². The summed E-state index contributed by atoms with van der Waals surface area (Å²) in [6.07, 6.45) is 1.87. The van der Waals surface area contributed by atoms with Crippen LogP contribution in [0.3, 0.4) is 0 Å². The highest BCUT2D eigenvalue weighted by molar-refractivity contribution is 5.20. The molecule has 0 aliphatic carbocycles. The lowest BCUT2D eigenvalue weighted by atomic mass is 10.0. The van der Waals surface area contributed by atoms with Gasteiger partial charge in [0.1, 0.15) is 11.4 Å². The lowest BCUT2D eigenvalue weighted by molar-refractivity contribution is 0.0508. The van der Waals surface area contributed by atoms with Crippen LogP contribution in [-0.4, -0.2) is 24.6 Å². The molecule has 84 valence electrons. The first kappa shape index (κ1) is 11.9. The second-order valence-corrected chi connectivity index (χ2v) is 3.93. The summed E-state index contributed by atoms with van der Waals surface area (Å²) in [6.45, 7) is 3.25. The Hall–Kier alpha value is -1.16. The van der Waals surface area contributed by atoms with Crippen molar-refractivity contribution in [1.82, 2.24) is 4.98 Å². The van der Waals surface area contributed by atoms with E-state index in [2.05, 4.69) is 4.98 Å². The van der Waals surface area contributed by atoms with E-state index in [1.807, 2.05) is 0 Å². The molecule has 0 N–H and O–H groups in total. The smallest absolute Gasteiger partial charge is 0.188 e. The summed E-state index contributed by atoms with van der Waals surface area (Å²) in [5.41, 5.74) is -0.519. The predicted octanol–water partition coefficient (Wildman–Crippen LogP) is 2.35. The third kappa shape index (κ3) is 4.74. The van der Waals surface area contributed by atoms with Crippen molar-refractivity contribution >= 4 is 0 Å². The van der Waals surface area contributed by atoms with Crippen LogP contribution in [0.4, 0.5) is 4.39 Å². The molecule has 1 aromatic heterocycles. The number of rotatable bonds is 5. The summed E-state index contributed by atoms with van der Waals surface area (Å²) in [5.74, 6) is 0.622. The number of nitrogens with zero attached hydrogens (tertiary/aromatic N) is 1. The minimum Gasteiger partial charge on any atom is -0.466 e. The first-order valence-electron chi connectivity index (χ1n) is 4.77. The Bertz CT molecular complexity index is 292. The molecule has 0 atom stereocenters. The summed E-state index contributed by atoms with van der Waals surface area (Å²) < 4.78 is 23.2. The van der Waals surface area contributed by atoms with Crippen LogP contribution in [-0.2, 0) is 11.2 Å². The van der Waals surface area contributed by atoms with E-state index < -0.39 is 5.67 Å². The summed E-state index contributed by atoms with van der Waals surface area (Å²) in [5, 5.41) is 0. The molecule has 4 heteroatoms. The van der Waals surface area contributed by atoms with Gasteiger partial charge in [-0.15, -0.1) is 0 Å². The van der Waals surface area contributed by atoms with Crippen LogP contribution in [0, 0.1) is 0 Å². The second kappa shape index (κ2) is 5.07. The lowest BCUT2D eigenvalue weighted by Gasteiger charge is -2.13. The third-order valence-electron chi connectivity index (χ3n) is 1.74. The van der Waals surface area contributed by atoms with E-state index in [9.17, 15) is 4.39 Å². The molecular formula is C11H16FNO2. The van der Waals surface area contributed by atoms with Crippen molar-refractivity contribution in [2.45, 2.75) is 25.9 Å². The lowest BCUT2D eigenvalue weighted by Crippen LogP contribution is -2.16. The summed E-state index contributed by atoms with van der Waals surface area (Å²) in [6, 6.07) is 3.51. The maximum absolute atomic E-state index is 13.3. The van der Waals surface area contributed by atoms with Crippen molar-refractivity contribution < 1.29 is 13.9 Å². The van der Waals surface area contributed by atoms with E-state index in [-0.39, 0.29) is 6.79 Å². The minimum absolute atomic E-state index is 0.190. The van der Waals surface area contributed by atoms with Crippen LogP contribution >= 0.6 is 0 Å². The van der Waals surface area contributed by atoms with Gasteiger partial charge in [0, 0.05) is 19.2 Å². The Kier molecular flexibility index (Phi) is 4.03. The van der Waals surface area contributed by atoms with Gasteiger partial charge in [-0.3, -0.25) is 4.98 Å². The molecule has 0 amide bonds. The quantitative estimate of drug-likeness (QED) is 0.703. The fourth-order valence-corrected chi connectivity index (χ4v) is 1.16. The summed E-state index contributed by atoms with van der Waals surface area (Å²) in [4.78, 5) is 4.10. The zero-order chi connectivity index (χ0) is 11.3. The Balaban J connectivity index is 2.56. The number of pyridine rings is 1. The molecule has 3 nitrogen and oxygen atoms in total. The normalized spacial score (nSPS) is 11.5. The van der Waals surface area contributed by atoms with Crippen LogP contribution in [0.25, 0.3) is 0 Å². The number of aromatic nitrogens is 1. The van der Waals surface area contributed by atoms with E-state index in [1.165, 1.54) is 13.8 Å². The Morgan fingerprint density at radius 1 is 1.40 bits per heavy atom. The third-order valence-corrected chi connectivity index (χ3v) is 1.74. The van der Waals surface area contributed by atoms with Gasteiger partial charge in [-0.25, -0.2) is 4.39 Å². The minimum atomic E-state index is -1.23. The molecule has 1 rings (SSSR count). The molecule has 0 aromatic carbocycles. The first-order chi connectivity index (χ1) is 7.01. The average molecular weight is 213 g/mol. The predicted molar refractivity (Wildman–Crippen MR) is 55.6 cm³/mol. The molecule has 0 bridgehead atoms. The van der Waals surface area contributed by atoms with Gasteiger partial charge < -0.3 is 9.47 Å². The molecule has 15 heavy (non-hydrogen) atoms. The highest BCUT2D eigenvalue weighted by Gasteiger charge is 2.16. The van der Waals surface area contributed by atoms with E-state index >= 15 is 0 Å². The Morgan fingerprint density at radius 2 is 2.13 bits per heavy atom. The average Bonchev–Trinajstić information content (AvgIpc) is 2.14. The maximum Gasteiger partial charge on any atom is 0.188 e. The van der Waals surface area contributed by atoms with Crippen LogP contribution in [0.15, 0.2) is 18.3 Å². The molecule has 0 radical (unpaired) electrons. The van der Waals surface area contributed by atoms with Crippen molar-refractivity contribution in [1.29, 1.82) is 0 Å². The molecule has 1 aromatic rings. The monoisotopic (exact) mass is 213 g/mol. The second-order valence-electron chi connectivity index (χ2n) is 3.93. The highest BCUT2D eigenvalue weighted by atomic mass is 19.1. The van der Waals surface area contributed by atoms with Crippen molar-refractivity contribution in [2.24, 2.45) is 0 Å². The van der Waals surface area contributed by atoms with Crippen molar-refractivity contribution in [3.05, 3.63) is 24.0 Å². The molecule has 0 unspecified atom stereocenters. The van der Waals surface area contributed by atoms with Crippen LogP contribution < -0.4 is 4.74 Å². The van der Waals surface area contributed by atoms with Gasteiger partial charge in [0.15, 0.2) is 6.79 Å². The summed E-state index contributed by atoms with van der Waals surface area (Å²) in [7, 11) is 1.55. The largest absolute Gasteiger partial charge is 0.466 e. The molecule has 0 spiro atoms. The van der Waals surface area contributed by atoms with E-state index in [1.54, 1.807) is 25.4 Å². The molecular weight excluding hydrogens is 197 g/mol. The van der Waals surface area contributed by atoms with Gasteiger partial charge in [-0.2, -0.15) is 0 Å². The van der Waals surface area contributed by atoms with Crippen LogP contribution in [0.2, 0.25) is 0 Å². The Labute approximate surface area is 89.2 Å². The van der Waals surface area contributed by atoms with Gasteiger partial charge in [0.05, 0.1) is 6.20 Å². The number of alkyl halides is 1. The standard InChI is InChI=1S/C11H16FNO2/c1-11(2,12)6-9-4-5-10(7-13-9)15-8-14-3/h4-5,7H,6,8H2,1-3H3. The number of halogens is 1. The number of ether oxygens (including phenoxy) is 2. The molecule has 0 saturated carbocycles. The zero-order valence-electron chi connectivity index (χ0n) is 9.29. The zero-order valence-corrected chi connectivity index (χ0v) is 9.29. The number of hydrogen-bond donors (Lipinski definition) is 0. The molecule has 0 fully saturated rings. The number of hydrogen-bond acceptors (Lipinski definition) is 3. The fourth-order valence-electron chi connectivity index (χ4n) is 1.16. The topological polar surface area (TPSA) is 31.4 Å². The van der Waals surface area contributed by atoms with Gasteiger partial charge in [-0.05, 0) is 26.0 Å². The van der Waals surface area contributed by atoms with E-state index in [0.717, 1.165) is 0 Å². The fraction of sp³-hybridized carbons (Fsp3) is 0.545. The van der Waals surface area contributed by atoms with Crippen molar-refractivity contribution in [3.63, 3.8) is 0 Å². The van der Waals surface area contributed by atoms with E-state index in [0.29, 0.717) is 17.9 Å². The van der Waals surface area contributed by atoms with Gasteiger partial charge in [0.25, 0.3) is 0 Å². The van der Waals surface area contributed by atoms with Crippen LogP contribution in [0.5, 0.6) is 5.75 Å². The first-order valence-corrected chi connectivity index (χ1v) is 4.77. The van der Waals surface area contributed by atoms with Gasteiger partial charge >= 0.3 is 0 Å². The van der Waals surface area contributed by atoms with Crippen LogP contribution in [0.1, 0.15) is 19.5 Å². The molecule has 0 aliphatic heterocycles. The number of methoxy groups -OCH3 is 1.